The van der Waals surface area contributed by atoms with Crippen LogP contribution in [0, 0.1) is 0 Å². The molecule has 0 saturated carbocycles. The summed E-state index contributed by atoms with van der Waals surface area (Å²) < 4.78 is 5.72. The van der Waals surface area contributed by atoms with Gasteiger partial charge in [-0.3, -0.25) is 19.7 Å². The smallest absolute Gasteiger partial charge is 0.302 e. The van der Waals surface area contributed by atoms with E-state index in [9.17, 15) is 4.79 Å². The van der Waals surface area contributed by atoms with E-state index in [0.717, 1.165) is 17.1 Å². The number of anilines is 2. The minimum Gasteiger partial charge on any atom is -0.426 e. The first-order valence-corrected chi connectivity index (χ1v) is 9.33. The Morgan fingerprint density at radius 1 is 1.00 bits per heavy atom. The zero-order valence-corrected chi connectivity index (χ0v) is 16.5. The second kappa shape index (κ2) is 7.71. The minimum absolute atomic E-state index is 0.130. The van der Waals surface area contributed by atoms with E-state index in [4.69, 9.17) is 4.74 Å². The molecule has 146 valence electrons. The third-order valence-corrected chi connectivity index (χ3v) is 4.68. The third kappa shape index (κ3) is 3.94. The summed E-state index contributed by atoms with van der Waals surface area (Å²) in [7, 11) is 1.98. The van der Waals surface area contributed by atoms with Gasteiger partial charge in [0.1, 0.15) is 5.75 Å². The molecule has 1 N–H and O–H groups in total. The lowest BCUT2D eigenvalue weighted by atomic mass is 10.1. The van der Waals surface area contributed by atoms with Crippen LogP contribution < -0.4 is 15.2 Å². The quantitative estimate of drug-likeness (QED) is 0.546. The number of hydrogen-bond acceptors (Lipinski definition) is 6. The number of rotatable bonds is 5. The van der Waals surface area contributed by atoms with E-state index in [0.29, 0.717) is 22.6 Å². The molecule has 0 atom stereocenters. The van der Waals surface area contributed by atoms with Crippen LogP contribution in [0.4, 0.5) is 11.4 Å². The van der Waals surface area contributed by atoms with Crippen LogP contribution >= 0.6 is 0 Å². The van der Waals surface area contributed by atoms with Gasteiger partial charge >= 0.3 is 6.01 Å². The highest BCUT2D eigenvalue weighted by atomic mass is 16.5. The number of nitrogens with one attached hydrogen (secondary N) is 1. The molecule has 4 rings (SSSR count). The second-order valence-electron chi connectivity index (χ2n) is 7.01. The molecule has 4 aromatic rings. The molecule has 0 aliphatic rings. The molecular weight excluding hydrogens is 366 g/mol. The molecule has 1 aromatic carbocycles. The molecule has 0 amide bonds. The summed E-state index contributed by atoms with van der Waals surface area (Å²) in [4.78, 5) is 29.6. The summed E-state index contributed by atoms with van der Waals surface area (Å²) in [5.41, 5.74) is 3.27. The lowest BCUT2D eigenvalue weighted by molar-refractivity contribution is 0.443. The van der Waals surface area contributed by atoms with Gasteiger partial charge in [-0.15, -0.1) is 0 Å². The fraction of sp³-hybridized carbons (Fsp3) is 0.182. The van der Waals surface area contributed by atoms with Crippen LogP contribution in [0.3, 0.4) is 0 Å². The number of fused-ring (bicyclic) bond motifs is 1. The van der Waals surface area contributed by atoms with Crippen LogP contribution in [0.1, 0.15) is 25.5 Å². The van der Waals surface area contributed by atoms with E-state index in [1.807, 2.05) is 48.5 Å². The van der Waals surface area contributed by atoms with Crippen molar-refractivity contribution >= 4 is 22.3 Å². The molecule has 0 fully saturated rings. The standard InChI is InChI=1S/C22H21N5O2/c1-14(2)19-9-6-16(12-24-19)27(3)15-4-7-17(8-5-15)29-22-25-20-13-23-11-10-18(20)21(28)26-22/h4-14H,1-3H3,(H,25,26,28). The number of H-pyrrole nitrogens is 1. The highest BCUT2D eigenvalue weighted by Gasteiger charge is 2.09. The largest absolute Gasteiger partial charge is 0.426 e. The van der Waals surface area contributed by atoms with Gasteiger partial charge < -0.3 is 9.64 Å². The molecule has 0 aliphatic carbocycles. The van der Waals surface area contributed by atoms with Crippen molar-refractivity contribution in [3.63, 3.8) is 0 Å². The van der Waals surface area contributed by atoms with Gasteiger partial charge in [-0.25, -0.2) is 0 Å². The minimum atomic E-state index is -0.263. The van der Waals surface area contributed by atoms with Gasteiger partial charge in [0.2, 0.25) is 0 Å². The number of nitrogens with zero attached hydrogens (tertiary/aromatic N) is 4. The summed E-state index contributed by atoms with van der Waals surface area (Å²) >= 11 is 0. The van der Waals surface area contributed by atoms with E-state index in [1.54, 1.807) is 12.3 Å². The van der Waals surface area contributed by atoms with Crippen molar-refractivity contribution in [3.8, 4) is 11.8 Å². The Morgan fingerprint density at radius 3 is 2.45 bits per heavy atom. The Kier molecular flexibility index (Phi) is 4.95. The van der Waals surface area contributed by atoms with Gasteiger partial charge in [-0.1, -0.05) is 13.8 Å². The maximum absolute atomic E-state index is 12.1. The number of benzene rings is 1. The van der Waals surface area contributed by atoms with Crippen molar-refractivity contribution in [1.29, 1.82) is 0 Å². The Morgan fingerprint density at radius 2 is 1.76 bits per heavy atom. The molecule has 29 heavy (non-hydrogen) atoms. The third-order valence-electron chi connectivity index (χ3n) is 4.68. The lowest BCUT2D eigenvalue weighted by Crippen LogP contribution is -2.10. The molecule has 0 spiro atoms. The molecule has 0 radical (unpaired) electrons. The fourth-order valence-corrected chi connectivity index (χ4v) is 2.95. The first-order chi connectivity index (χ1) is 14.0. The SMILES string of the molecule is CC(C)c1ccc(N(C)c2ccc(Oc3nc4cnccc4c(=O)[nH]3)cc2)cn1. The van der Waals surface area contributed by atoms with E-state index in [-0.39, 0.29) is 11.6 Å². The molecule has 7 heteroatoms. The monoisotopic (exact) mass is 387 g/mol. The number of aromatic amines is 1. The zero-order chi connectivity index (χ0) is 20.4. The fourth-order valence-electron chi connectivity index (χ4n) is 2.95. The highest BCUT2D eigenvalue weighted by Crippen LogP contribution is 2.27. The van der Waals surface area contributed by atoms with E-state index >= 15 is 0 Å². The lowest BCUT2D eigenvalue weighted by Gasteiger charge is -2.20. The molecule has 0 unspecified atom stereocenters. The van der Waals surface area contributed by atoms with E-state index in [1.165, 1.54) is 6.20 Å². The summed E-state index contributed by atoms with van der Waals surface area (Å²) in [6.45, 7) is 4.25. The van der Waals surface area contributed by atoms with Crippen LogP contribution in [0.5, 0.6) is 11.8 Å². The maximum atomic E-state index is 12.1. The molecule has 3 aromatic heterocycles. The molecule has 0 bridgehead atoms. The maximum Gasteiger partial charge on any atom is 0.302 e. The Balaban J connectivity index is 1.52. The van der Waals surface area contributed by atoms with Gasteiger partial charge in [0, 0.05) is 24.6 Å². The van der Waals surface area contributed by atoms with Crippen molar-refractivity contribution in [3.05, 3.63) is 77.1 Å². The van der Waals surface area contributed by atoms with E-state index < -0.39 is 0 Å². The average Bonchev–Trinajstić information content (AvgIpc) is 2.74. The highest BCUT2D eigenvalue weighted by molar-refractivity contribution is 5.76. The van der Waals surface area contributed by atoms with Crippen molar-refractivity contribution in [2.45, 2.75) is 19.8 Å². The van der Waals surface area contributed by atoms with Gasteiger partial charge in [-0.2, -0.15) is 4.98 Å². The molecule has 0 saturated heterocycles. The normalized spacial score (nSPS) is 11.0. The Bertz CT molecular complexity index is 1180. The van der Waals surface area contributed by atoms with Crippen LogP contribution in [-0.2, 0) is 0 Å². The van der Waals surface area contributed by atoms with Crippen molar-refractivity contribution in [2.24, 2.45) is 0 Å². The predicted octanol–water partition coefficient (Wildman–Crippen LogP) is 4.40. The van der Waals surface area contributed by atoms with Crippen LogP contribution in [0.2, 0.25) is 0 Å². The van der Waals surface area contributed by atoms with Gasteiger partial charge in [-0.05, 0) is 48.4 Å². The van der Waals surface area contributed by atoms with E-state index in [2.05, 4.69) is 39.8 Å². The van der Waals surface area contributed by atoms with Crippen molar-refractivity contribution in [1.82, 2.24) is 19.9 Å². The zero-order valence-electron chi connectivity index (χ0n) is 16.5. The molecule has 0 aliphatic heterocycles. The van der Waals surface area contributed by atoms with Crippen molar-refractivity contribution in [2.75, 3.05) is 11.9 Å². The van der Waals surface area contributed by atoms with Crippen LogP contribution in [-0.4, -0.2) is 27.0 Å². The average molecular weight is 387 g/mol. The van der Waals surface area contributed by atoms with Gasteiger partial charge in [0.05, 0.1) is 29.0 Å². The molecule has 7 nitrogen and oxygen atoms in total. The number of pyridine rings is 2. The van der Waals surface area contributed by atoms with Crippen LogP contribution in [0.25, 0.3) is 10.9 Å². The van der Waals surface area contributed by atoms with Gasteiger partial charge in [0.25, 0.3) is 5.56 Å². The second-order valence-corrected chi connectivity index (χ2v) is 7.01. The predicted molar refractivity (Wildman–Crippen MR) is 113 cm³/mol. The first kappa shape index (κ1) is 18.6. The summed E-state index contributed by atoms with van der Waals surface area (Å²) in [6, 6.07) is 13.4. The Labute approximate surface area is 168 Å². The number of aromatic nitrogens is 4. The van der Waals surface area contributed by atoms with Gasteiger partial charge in [0.15, 0.2) is 0 Å². The topological polar surface area (TPSA) is 84.0 Å². The molecular formula is C22H21N5O2. The molecule has 3 heterocycles. The van der Waals surface area contributed by atoms with Crippen LogP contribution in [0.15, 0.2) is 65.8 Å². The number of ether oxygens (including phenoxy) is 1. The van der Waals surface area contributed by atoms with Crippen molar-refractivity contribution < 1.29 is 4.74 Å². The summed E-state index contributed by atoms with van der Waals surface area (Å²) in [5, 5.41) is 0.474. The first-order valence-electron chi connectivity index (χ1n) is 9.33. The Hall–Kier alpha value is -3.74. The summed E-state index contributed by atoms with van der Waals surface area (Å²) in [5.74, 6) is 0.971. The number of hydrogen-bond donors (Lipinski definition) is 1. The summed E-state index contributed by atoms with van der Waals surface area (Å²) in [6.07, 6.45) is 4.96.